The van der Waals surface area contributed by atoms with E-state index in [4.69, 9.17) is 9.72 Å². The number of aromatic nitrogens is 2. The molecule has 0 unspecified atom stereocenters. The molecule has 0 bridgehead atoms. The van der Waals surface area contributed by atoms with Crippen LogP contribution in [0.15, 0.2) is 28.7 Å². The fraction of sp³-hybridized carbons (Fsp3) is 0.375. The lowest BCUT2D eigenvalue weighted by Gasteiger charge is -2.12. The third-order valence-electron chi connectivity index (χ3n) is 3.53. The highest BCUT2D eigenvalue weighted by Gasteiger charge is 2.29. The maximum absolute atomic E-state index is 5.20. The van der Waals surface area contributed by atoms with E-state index in [1.165, 1.54) is 12.8 Å². The number of hydrogen-bond acceptors (Lipinski definition) is 4. The topological polar surface area (TPSA) is 47.0 Å². The van der Waals surface area contributed by atoms with Crippen molar-refractivity contribution < 1.29 is 4.74 Å². The molecule has 1 aromatic carbocycles. The number of methoxy groups -OCH3 is 1. The Kier molecular flexibility index (Phi) is 4.10. The molecule has 1 fully saturated rings. The number of rotatable bonds is 5. The summed E-state index contributed by atoms with van der Waals surface area (Å²) in [7, 11) is 1.67. The van der Waals surface area contributed by atoms with Crippen LogP contribution in [0, 0.1) is 0 Å². The first-order valence-electron chi connectivity index (χ1n) is 7.18. The summed E-state index contributed by atoms with van der Waals surface area (Å²) in [6.07, 6.45) is 2.42. The maximum atomic E-state index is 5.20. The molecule has 0 spiro atoms. The van der Waals surface area contributed by atoms with Crippen molar-refractivity contribution in [3.05, 3.63) is 34.4 Å². The van der Waals surface area contributed by atoms with E-state index in [0.29, 0.717) is 5.92 Å². The molecule has 5 heteroatoms. The number of ether oxygens (including phenoxy) is 1. The minimum absolute atomic E-state index is 0.566. The van der Waals surface area contributed by atoms with Crippen molar-refractivity contribution in [2.45, 2.75) is 25.7 Å². The van der Waals surface area contributed by atoms with Crippen molar-refractivity contribution >= 4 is 21.7 Å². The second-order valence-corrected chi connectivity index (χ2v) is 5.92. The first-order chi connectivity index (χ1) is 10.2. The van der Waals surface area contributed by atoms with Crippen LogP contribution in [-0.2, 0) is 0 Å². The Morgan fingerprint density at radius 1 is 1.24 bits per heavy atom. The number of hydrogen-bond donors (Lipinski definition) is 1. The summed E-state index contributed by atoms with van der Waals surface area (Å²) in [6.45, 7) is 2.90. The molecule has 2 aromatic rings. The van der Waals surface area contributed by atoms with E-state index in [1.807, 2.05) is 24.3 Å². The lowest BCUT2D eigenvalue weighted by molar-refractivity contribution is 0.415. The van der Waals surface area contributed by atoms with Crippen LogP contribution >= 0.6 is 15.9 Å². The molecule has 1 N–H and O–H groups in total. The molecule has 110 valence electrons. The summed E-state index contributed by atoms with van der Waals surface area (Å²) in [5.74, 6) is 3.04. The van der Waals surface area contributed by atoms with Crippen molar-refractivity contribution in [1.82, 2.24) is 9.97 Å². The molecule has 0 amide bonds. The molecule has 4 nitrogen and oxygen atoms in total. The van der Waals surface area contributed by atoms with Gasteiger partial charge in [0.2, 0.25) is 0 Å². The normalized spacial score (nSPS) is 14.0. The molecule has 1 saturated carbocycles. The van der Waals surface area contributed by atoms with Gasteiger partial charge in [0.15, 0.2) is 5.82 Å². The third kappa shape index (κ3) is 3.02. The van der Waals surface area contributed by atoms with Crippen LogP contribution in [0.2, 0.25) is 0 Å². The van der Waals surface area contributed by atoms with Crippen molar-refractivity contribution in [2.75, 3.05) is 19.0 Å². The van der Waals surface area contributed by atoms with E-state index in [1.54, 1.807) is 7.11 Å². The predicted octanol–water partition coefficient (Wildman–Crippen LogP) is 4.22. The minimum Gasteiger partial charge on any atom is -0.497 e. The quantitative estimate of drug-likeness (QED) is 0.879. The van der Waals surface area contributed by atoms with Gasteiger partial charge in [-0.3, -0.25) is 0 Å². The molecule has 0 atom stereocenters. The first-order valence-corrected chi connectivity index (χ1v) is 7.98. The highest BCUT2D eigenvalue weighted by atomic mass is 79.9. The largest absolute Gasteiger partial charge is 0.497 e. The Morgan fingerprint density at radius 3 is 2.52 bits per heavy atom. The monoisotopic (exact) mass is 347 g/mol. The van der Waals surface area contributed by atoms with Crippen LogP contribution in [0.3, 0.4) is 0 Å². The van der Waals surface area contributed by atoms with Gasteiger partial charge >= 0.3 is 0 Å². The molecule has 1 aliphatic carbocycles. The molecule has 1 aliphatic rings. The van der Waals surface area contributed by atoms with E-state index in [9.17, 15) is 0 Å². The van der Waals surface area contributed by atoms with Crippen molar-refractivity contribution in [3.63, 3.8) is 0 Å². The highest BCUT2D eigenvalue weighted by molar-refractivity contribution is 9.10. The van der Waals surface area contributed by atoms with Crippen LogP contribution in [0.4, 0.5) is 5.82 Å². The van der Waals surface area contributed by atoms with Crippen LogP contribution < -0.4 is 10.1 Å². The lowest BCUT2D eigenvalue weighted by Crippen LogP contribution is -2.05. The fourth-order valence-electron chi connectivity index (χ4n) is 2.25. The summed E-state index contributed by atoms with van der Waals surface area (Å²) in [5, 5.41) is 3.31. The Bertz CT molecular complexity index is 639. The van der Waals surface area contributed by atoms with Gasteiger partial charge in [-0.2, -0.15) is 0 Å². The fourth-order valence-corrected chi connectivity index (χ4v) is 2.89. The zero-order chi connectivity index (χ0) is 14.8. The Morgan fingerprint density at radius 2 is 1.95 bits per heavy atom. The van der Waals surface area contributed by atoms with E-state index >= 15 is 0 Å². The first kappa shape index (κ1) is 14.3. The Hall–Kier alpha value is -1.62. The molecule has 1 heterocycles. The molecular formula is C16H18BrN3O. The van der Waals surface area contributed by atoms with E-state index in [-0.39, 0.29) is 0 Å². The third-order valence-corrected chi connectivity index (χ3v) is 4.32. The lowest BCUT2D eigenvalue weighted by atomic mass is 10.2. The van der Waals surface area contributed by atoms with Crippen LogP contribution in [0.1, 0.15) is 31.4 Å². The smallest absolute Gasteiger partial charge is 0.161 e. The minimum atomic E-state index is 0.566. The molecular weight excluding hydrogens is 330 g/mol. The Labute approximate surface area is 133 Å². The summed E-state index contributed by atoms with van der Waals surface area (Å²) in [4.78, 5) is 9.41. The summed E-state index contributed by atoms with van der Waals surface area (Å²) >= 11 is 3.64. The van der Waals surface area contributed by atoms with E-state index < -0.39 is 0 Å². The summed E-state index contributed by atoms with van der Waals surface area (Å²) < 4.78 is 6.20. The summed E-state index contributed by atoms with van der Waals surface area (Å²) in [6, 6.07) is 7.86. The predicted molar refractivity (Wildman–Crippen MR) is 87.9 cm³/mol. The van der Waals surface area contributed by atoms with Gasteiger partial charge in [0.05, 0.1) is 17.3 Å². The molecule has 1 aromatic heterocycles. The average Bonchev–Trinajstić information content (AvgIpc) is 3.34. The van der Waals surface area contributed by atoms with Gasteiger partial charge in [0.1, 0.15) is 11.6 Å². The van der Waals surface area contributed by atoms with Gasteiger partial charge in [-0.25, -0.2) is 9.97 Å². The van der Waals surface area contributed by atoms with E-state index in [0.717, 1.165) is 39.7 Å². The highest BCUT2D eigenvalue weighted by Crippen LogP contribution is 2.44. The Balaban J connectivity index is 2.03. The number of nitrogens with one attached hydrogen (secondary N) is 1. The molecule has 21 heavy (non-hydrogen) atoms. The van der Waals surface area contributed by atoms with Gasteiger partial charge in [-0.05, 0) is 60.0 Å². The zero-order valence-corrected chi connectivity index (χ0v) is 13.8. The average molecular weight is 348 g/mol. The number of nitrogens with zero attached hydrogens (tertiary/aromatic N) is 2. The molecule has 0 radical (unpaired) electrons. The second-order valence-electron chi connectivity index (χ2n) is 5.13. The van der Waals surface area contributed by atoms with Gasteiger partial charge in [-0.15, -0.1) is 0 Å². The van der Waals surface area contributed by atoms with Crippen molar-refractivity contribution in [2.24, 2.45) is 0 Å². The number of halogens is 1. The molecule has 3 rings (SSSR count). The second kappa shape index (κ2) is 6.02. The zero-order valence-electron chi connectivity index (χ0n) is 12.2. The van der Waals surface area contributed by atoms with Gasteiger partial charge in [0, 0.05) is 18.0 Å². The number of anilines is 1. The number of benzene rings is 1. The van der Waals surface area contributed by atoms with Crippen LogP contribution in [0.5, 0.6) is 5.75 Å². The van der Waals surface area contributed by atoms with Crippen LogP contribution in [0.25, 0.3) is 11.4 Å². The van der Waals surface area contributed by atoms with Gasteiger partial charge < -0.3 is 10.1 Å². The van der Waals surface area contributed by atoms with E-state index in [2.05, 4.69) is 33.2 Å². The van der Waals surface area contributed by atoms with Crippen LogP contribution in [-0.4, -0.2) is 23.6 Å². The summed E-state index contributed by atoms with van der Waals surface area (Å²) in [5.41, 5.74) is 2.12. The van der Waals surface area contributed by atoms with Gasteiger partial charge in [0.25, 0.3) is 0 Å². The van der Waals surface area contributed by atoms with Gasteiger partial charge in [-0.1, -0.05) is 0 Å². The van der Waals surface area contributed by atoms with Crippen molar-refractivity contribution in [1.29, 1.82) is 0 Å². The SMILES string of the molecule is CCNc1nc(-c2ccc(OC)cc2)nc(C2CC2)c1Br. The maximum Gasteiger partial charge on any atom is 0.161 e. The standard InChI is InChI=1S/C16H18BrN3O/c1-3-18-16-13(17)14(10-4-5-10)19-15(20-16)11-6-8-12(21-2)9-7-11/h6-10H,3-5H2,1-2H3,(H,18,19,20). The van der Waals surface area contributed by atoms with Crippen molar-refractivity contribution in [3.8, 4) is 17.1 Å². The molecule has 0 aliphatic heterocycles. The molecule has 0 saturated heterocycles.